The van der Waals surface area contributed by atoms with Gasteiger partial charge in [0.2, 0.25) is 0 Å². The molecule has 0 aromatic heterocycles. The number of hydrogen-bond acceptors (Lipinski definition) is 2. The Morgan fingerprint density at radius 1 is 1.05 bits per heavy atom. The average Bonchev–Trinajstić information content (AvgIpc) is 2.84. The predicted molar refractivity (Wildman–Crippen MR) is 78.4 cm³/mol. The van der Waals surface area contributed by atoms with Crippen molar-refractivity contribution in [1.82, 2.24) is 0 Å². The third kappa shape index (κ3) is 2.84. The SMILES string of the molecule is NC(/C1=C/CCCCCC1)c1ccc2c(c1)CCO2. The Kier molecular flexibility index (Phi) is 3.88. The van der Waals surface area contributed by atoms with Crippen LogP contribution in [-0.4, -0.2) is 6.61 Å². The molecule has 2 nitrogen and oxygen atoms in total. The van der Waals surface area contributed by atoms with Gasteiger partial charge in [0.05, 0.1) is 12.6 Å². The molecule has 0 bridgehead atoms. The molecule has 0 saturated heterocycles. The van der Waals surface area contributed by atoms with Crippen molar-refractivity contribution >= 4 is 0 Å². The van der Waals surface area contributed by atoms with Gasteiger partial charge in [-0.15, -0.1) is 0 Å². The van der Waals surface area contributed by atoms with E-state index in [9.17, 15) is 0 Å². The molecule has 0 radical (unpaired) electrons. The second-order valence-electron chi connectivity index (χ2n) is 5.68. The second kappa shape index (κ2) is 5.79. The summed E-state index contributed by atoms with van der Waals surface area (Å²) in [6, 6.07) is 6.53. The van der Waals surface area contributed by atoms with E-state index in [0.717, 1.165) is 25.2 Å². The lowest BCUT2D eigenvalue weighted by Gasteiger charge is -2.19. The highest BCUT2D eigenvalue weighted by Crippen LogP contribution is 2.32. The van der Waals surface area contributed by atoms with E-state index in [1.165, 1.54) is 48.8 Å². The minimum absolute atomic E-state index is 0.0731. The fraction of sp³-hybridized carbons (Fsp3) is 0.529. The minimum Gasteiger partial charge on any atom is -0.493 e. The van der Waals surface area contributed by atoms with Crippen molar-refractivity contribution in [3.05, 3.63) is 41.0 Å². The Balaban J connectivity index is 1.80. The van der Waals surface area contributed by atoms with Crippen LogP contribution in [0.3, 0.4) is 0 Å². The Labute approximate surface area is 115 Å². The van der Waals surface area contributed by atoms with Gasteiger partial charge >= 0.3 is 0 Å². The van der Waals surface area contributed by atoms with Crippen molar-refractivity contribution in [2.24, 2.45) is 5.73 Å². The van der Waals surface area contributed by atoms with Gasteiger partial charge in [0, 0.05) is 6.42 Å². The van der Waals surface area contributed by atoms with Crippen molar-refractivity contribution in [2.45, 2.75) is 51.0 Å². The normalized spacial score (nSPS) is 23.5. The van der Waals surface area contributed by atoms with E-state index in [2.05, 4.69) is 24.3 Å². The summed E-state index contributed by atoms with van der Waals surface area (Å²) in [6.45, 7) is 0.816. The third-order valence-corrected chi connectivity index (χ3v) is 4.30. The summed E-state index contributed by atoms with van der Waals surface area (Å²) in [6.07, 6.45) is 11.1. The molecule has 2 N–H and O–H groups in total. The number of nitrogens with two attached hydrogens (primary N) is 1. The first kappa shape index (κ1) is 12.7. The van der Waals surface area contributed by atoms with Crippen LogP contribution in [0.5, 0.6) is 5.75 Å². The van der Waals surface area contributed by atoms with Gasteiger partial charge in [-0.3, -0.25) is 0 Å². The maximum atomic E-state index is 6.48. The predicted octanol–water partition coefficient (Wildman–Crippen LogP) is 3.90. The van der Waals surface area contributed by atoms with E-state index in [-0.39, 0.29) is 6.04 Å². The molecular formula is C17H23NO. The molecule has 1 aliphatic carbocycles. The first-order valence-electron chi connectivity index (χ1n) is 7.55. The standard InChI is InChI=1S/C17H23NO/c18-17(13-6-4-2-1-3-5-7-13)15-8-9-16-14(12-15)10-11-19-16/h6,8-9,12,17H,1-5,7,10-11,18H2/b13-6+. The molecule has 19 heavy (non-hydrogen) atoms. The lowest BCUT2D eigenvalue weighted by Crippen LogP contribution is -2.14. The van der Waals surface area contributed by atoms with Crippen LogP contribution in [0, 0.1) is 0 Å². The first-order valence-corrected chi connectivity index (χ1v) is 7.55. The Hall–Kier alpha value is -1.28. The van der Waals surface area contributed by atoms with E-state index >= 15 is 0 Å². The van der Waals surface area contributed by atoms with Gasteiger partial charge in [-0.2, -0.15) is 0 Å². The fourth-order valence-electron chi connectivity index (χ4n) is 3.11. The maximum absolute atomic E-state index is 6.48. The molecule has 2 heteroatoms. The van der Waals surface area contributed by atoms with Crippen LogP contribution >= 0.6 is 0 Å². The number of ether oxygens (including phenoxy) is 1. The summed E-state index contributed by atoms with van der Waals surface area (Å²) >= 11 is 0. The van der Waals surface area contributed by atoms with Crippen molar-refractivity contribution in [2.75, 3.05) is 6.61 Å². The summed E-state index contributed by atoms with van der Waals surface area (Å²) in [4.78, 5) is 0. The quantitative estimate of drug-likeness (QED) is 0.815. The lowest BCUT2D eigenvalue weighted by molar-refractivity contribution is 0.357. The summed E-state index contributed by atoms with van der Waals surface area (Å²) in [5.41, 5.74) is 10.5. The molecule has 0 saturated carbocycles. The van der Waals surface area contributed by atoms with Gasteiger partial charge < -0.3 is 10.5 Å². The van der Waals surface area contributed by atoms with Gasteiger partial charge in [0.1, 0.15) is 5.75 Å². The molecule has 102 valence electrons. The third-order valence-electron chi connectivity index (χ3n) is 4.30. The number of benzene rings is 1. The van der Waals surface area contributed by atoms with Gasteiger partial charge in [-0.1, -0.05) is 36.6 Å². The van der Waals surface area contributed by atoms with E-state index in [1.807, 2.05) is 0 Å². The van der Waals surface area contributed by atoms with Crippen LogP contribution in [-0.2, 0) is 6.42 Å². The second-order valence-corrected chi connectivity index (χ2v) is 5.68. The van der Waals surface area contributed by atoms with Crippen LogP contribution in [0.1, 0.15) is 55.7 Å². The van der Waals surface area contributed by atoms with Crippen LogP contribution < -0.4 is 10.5 Å². The molecule has 1 atom stereocenters. The van der Waals surface area contributed by atoms with Crippen LogP contribution in [0.25, 0.3) is 0 Å². The minimum atomic E-state index is 0.0731. The first-order chi connectivity index (χ1) is 9.34. The Bertz CT molecular complexity index is 478. The number of allylic oxidation sites excluding steroid dienone is 1. The number of hydrogen-bond donors (Lipinski definition) is 1. The highest BCUT2D eigenvalue weighted by Gasteiger charge is 2.17. The largest absolute Gasteiger partial charge is 0.493 e. The van der Waals surface area contributed by atoms with E-state index < -0.39 is 0 Å². The summed E-state index contributed by atoms with van der Waals surface area (Å²) in [5, 5.41) is 0. The van der Waals surface area contributed by atoms with Crippen LogP contribution in [0.2, 0.25) is 0 Å². The monoisotopic (exact) mass is 257 g/mol. The molecule has 0 spiro atoms. The molecule has 1 unspecified atom stereocenters. The molecule has 2 aliphatic rings. The number of fused-ring (bicyclic) bond motifs is 1. The van der Waals surface area contributed by atoms with E-state index in [4.69, 9.17) is 10.5 Å². The molecule has 1 aromatic rings. The topological polar surface area (TPSA) is 35.2 Å². The molecule has 0 fully saturated rings. The van der Waals surface area contributed by atoms with Crippen molar-refractivity contribution < 1.29 is 4.74 Å². The summed E-state index contributed by atoms with van der Waals surface area (Å²) < 4.78 is 5.56. The number of rotatable bonds is 2. The van der Waals surface area contributed by atoms with Gasteiger partial charge in [0.25, 0.3) is 0 Å². The van der Waals surface area contributed by atoms with Crippen molar-refractivity contribution in [3.63, 3.8) is 0 Å². The highest BCUT2D eigenvalue weighted by atomic mass is 16.5. The summed E-state index contributed by atoms with van der Waals surface area (Å²) in [7, 11) is 0. The van der Waals surface area contributed by atoms with Gasteiger partial charge in [0.15, 0.2) is 0 Å². The molecule has 1 aromatic carbocycles. The van der Waals surface area contributed by atoms with E-state index in [1.54, 1.807) is 0 Å². The van der Waals surface area contributed by atoms with Crippen LogP contribution in [0.15, 0.2) is 29.8 Å². The van der Waals surface area contributed by atoms with Gasteiger partial charge in [-0.05, 0) is 42.9 Å². The van der Waals surface area contributed by atoms with Crippen LogP contribution in [0.4, 0.5) is 0 Å². The average molecular weight is 257 g/mol. The smallest absolute Gasteiger partial charge is 0.122 e. The zero-order valence-electron chi connectivity index (χ0n) is 11.5. The Morgan fingerprint density at radius 3 is 2.89 bits per heavy atom. The van der Waals surface area contributed by atoms with Gasteiger partial charge in [-0.25, -0.2) is 0 Å². The molecule has 1 heterocycles. The van der Waals surface area contributed by atoms with E-state index in [0.29, 0.717) is 0 Å². The zero-order chi connectivity index (χ0) is 13.1. The summed E-state index contributed by atoms with van der Waals surface area (Å²) in [5.74, 6) is 1.04. The maximum Gasteiger partial charge on any atom is 0.122 e. The zero-order valence-corrected chi connectivity index (χ0v) is 11.5. The molecule has 0 amide bonds. The highest BCUT2D eigenvalue weighted by molar-refractivity contribution is 5.42. The fourth-order valence-corrected chi connectivity index (χ4v) is 3.11. The molecule has 1 aliphatic heterocycles. The molecule has 3 rings (SSSR count). The Morgan fingerprint density at radius 2 is 1.95 bits per heavy atom. The van der Waals surface area contributed by atoms with Crippen molar-refractivity contribution in [3.8, 4) is 5.75 Å². The van der Waals surface area contributed by atoms with Crippen molar-refractivity contribution in [1.29, 1.82) is 0 Å². The molecular weight excluding hydrogens is 234 g/mol. The lowest BCUT2D eigenvalue weighted by atomic mass is 9.90.